The van der Waals surface area contributed by atoms with Crippen LogP contribution in [0.4, 0.5) is 18.9 Å². The summed E-state index contributed by atoms with van der Waals surface area (Å²) in [6, 6.07) is 5.14. The highest BCUT2D eigenvalue weighted by Crippen LogP contribution is 2.42. The Morgan fingerprint density at radius 2 is 1.70 bits per heavy atom. The third-order valence-corrected chi connectivity index (χ3v) is 3.67. The number of halogens is 6. The summed E-state index contributed by atoms with van der Waals surface area (Å²) in [6.45, 7) is 0. The van der Waals surface area contributed by atoms with Gasteiger partial charge in [-0.25, -0.2) is 0 Å². The minimum Gasteiger partial charge on any atom is -0.454 e. The molecule has 0 saturated heterocycles. The summed E-state index contributed by atoms with van der Waals surface area (Å²) in [4.78, 5) is 9.58. The third-order valence-electron chi connectivity index (χ3n) is 2.65. The number of ether oxygens (including phenoxy) is 1. The van der Waals surface area contributed by atoms with Gasteiger partial charge in [-0.05, 0) is 24.3 Å². The molecular weight excluding hydrogens is 426 g/mol. The predicted molar refractivity (Wildman–Crippen MR) is 82.3 cm³/mol. The smallest absolute Gasteiger partial charge is 0.423 e. The van der Waals surface area contributed by atoms with Crippen LogP contribution in [0.15, 0.2) is 34.8 Å². The molecule has 4 nitrogen and oxygen atoms in total. The van der Waals surface area contributed by atoms with Gasteiger partial charge >= 0.3 is 6.18 Å². The van der Waals surface area contributed by atoms with Crippen molar-refractivity contribution in [2.45, 2.75) is 6.18 Å². The molecule has 2 aromatic carbocycles. The largest absolute Gasteiger partial charge is 0.454 e. The average Bonchev–Trinajstić information content (AvgIpc) is 2.41. The van der Waals surface area contributed by atoms with Crippen LogP contribution in [0.3, 0.4) is 0 Å². The molecule has 0 fully saturated rings. The van der Waals surface area contributed by atoms with Crippen molar-refractivity contribution in [1.29, 1.82) is 0 Å². The lowest BCUT2D eigenvalue weighted by Gasteiger charge is -2.12. The Morgan fingerprint density at radius 3 is 2.17 bits per heavy atom. The minimum absolute atomic E-state index is 0.0569. The first kappa shape index (κ1) is 17.8. The molecule has 0 N–H and O–H groups in total. The maximum atomic E-state index is 12.9. The second kappa shape index (κ2) is 6.54. The lowest BCUT2D eigenvalue weighted by Crippen LogP contribution is -2.09. The fourth-order valence-corrected chi connectivity index (χ4v) is 2.99. The molecule has 0 atom stereocenters. The van der Waals surface area contributed by atoms with E-state index in [1.165, 1.54) is 12.1 Å². The van der Waals surface area contributed by atoms with Gasteiger partial charge in [-0.2, -0.15) is 13.2 Å². The van der Waals surface area contributed by atoms with Crippen molar-refractivity contribution in [3.8, 4) is 11.5 Å². The zero-order chi connectivity index (χ0) is 17.4. The van der Waals surface area contributed by atoms with E-state index in [0.29, 0.717) is 16.6 Å². The van der Waals surface area contributed by atoms with E-state index in [-0.39, 0.29) is 21.5 Å². The van der Waals surface area contributed by atoms with Gasteiger partial charge in [0.1, 0.15) is 11.3 Å². The highest BCUT2D eigenvalue weighted by atomic mass is 79.9. The lowest BCUT2D eigenvalue weighted by molar-refractivity contribution is -0.388. The second-order valence-electron chi connectivity index (χ2n) is 4.23. The highest BCUT2D eigenvalue weighted by Gasteiger charge is 2.38. The normalized spacial score (nSPS) is 11.4. The van der Waals surface area contributed by atoms with Crippen LogP contribution in [0.5, 0.6) is 11.5 Å². The van der Waals surface area contributed by atoms with E-state index < -0.39 is 22.4 Å². The molecule has 0 aliphatic heterocycles. The molecule has 2 aromatic rings. The van der Waals surface area contributed by atoms with Crippen LogP contribution >= 0.6 is 39.1 Å². The lowest BCUT2D eigenvalue weighted by atomic mass is 10.1. The van der Waals surface area contributed by atoms with E-state index in [9.17, 15) is 23.3 Å². The third kappa shape index (κ3) is 4.07. The summed E-state index contributed by atoms with van der Waals surface area (Å²) in [5.41, 5.74) is -2.50. The Labute approximate surface area is 146 Å². The highest BCUT2D eigenvalue weighted by molar-refractivity contribution is 9.10. The molecule has 0 amide bonds. The van der Waals surface area contributed by atoms with Crippen molar-refractivity contribution < 1.29 is 22.8 Å². The first-order chi connectivity index (χ1) is 10.6. The average molecular weight is 431 g/mol. The monoisotopic (exact) mass is 429 g/mol. The number of nitro groups is 1. The van der Waals surface area contributed by atoms with Gasteiger partial charge in [-0.1, -0.05) is 39.1 Å². The fourth-order valence-electron chi connectivity index (χ4n) is 1.71. The molecule has 0 aliphatic rings. The predicted octanol–water partition coefficient (Wildman–Crippen LogP) is 6.48. The van der Waals surface area contributed by atoms with E-state index in [0.717, 1.165) is 6.07 Å². The van der Waals surface area contributed by atoms with E-state index in [1.54, 1.807) is 0 Å². The molecule has 0 bridgehead atoms. The summed E-state index contributed by atoms with van der Waals surface area (Å²) in [5.74, 6) is -0.340. The Morgan fingerprint density at radius 1 is 1.13 bits per heavy atom. The summed E-state index contributed by atoms with van der Waals surface area (Å²) in [5, 5.41) is 10.8. The van der Waals surface area contributed by atoms with Crippen LogP contribution in [-0.4, -0.2) is 4.92 Å². The molecule has 0 aromatic heterocycles. The van der Waals surface area contributed by atoms with Crippen LogP contribution in [0.2, 0.25) is 10.0 Å². The fraction of sp³-hybridized carbons (Fsp3) is 0.0769. The number of hydrogen-bond donors (Lipinski definition) is 0. The number of benzene rings is 2. The number of hydrogen-bond acceptors (Lipinski definition) is 3. The number of nitro benzene ring substituents is 1. The molecule has 0 aliphatic carbocycles. The van der Waals surface area contributed by atoms with E-state index in [4.69, 9.17) is 27.9 Å². The number of alkyl halides is 3. The second-order valence-corrected chi connectivity index (χ2v) is 5.96. The van der Waals surface area contributed by atoms with Crippen molar-refractivity contribution in [2.24, 2.45) is 0 Å². The summed E-state index contributed by atoms with van der Waals surface area (Å²) in [6.07, 6.45) is -4.91. The molecule has 23 heavy (non-hydrogen) atoms. The Kier molecular flexibility index (Phi) is 5.07. The van der Waals surface area contributed by atoms with Gasteiger partial charge in [0.2, 0.25) is 0 Å². The van der Waals surface area contributed by atoms with Gasteiger partial charge in [-0.15, -0.1) is 0 Å². The zero-order valence-corrected chi connectivity index (χ0v) is 13.9. The standard InChI is InChI=1S/C13H5BrCl2F3NO3/c14-6-3-9(15)12(10(16)4-6)23-7-1-2-11(20(21)22)8(5-7)13(17,18)19/h1-5H. The Bertz CT molecular complexity index is 761. The van der Waals surface area contributed by atoms with E-state index in [1.807, 2.05) is 0 Å². The van der Waals surface area contributed by atoms with E-state index >= 15 is 0 Å². The summed E-state index contributed by atoms with van der Waals surface area (Å²) < 4.78 is 44.6. The van der Waals surface area contributed by atoms with E-state index in [2.05, 4.69) is 15.9 Å². The number of rotatable bonds is 3. The van der Waals surface area contributed by atoms with Gasteiger partial charge < -0.3 is 4.74 Å². The molecule has 10 heteroatoms. The topological polar surface area (TPSA) is 52.4 Å². The van der Waals surface area contributed by atoms with Crippen molar-refractivity contribution in [3.63, 3.8) is 0 Å². The summed E-state index contributed by atoms with van der Waals surface area (Å²) >= 11 is 15.0. The number of nitrogens with zero attached hydrogens (tertiary/aromatic N) is 1. The van der Waals surface area contributed by atoms with Gasteiger partial charge in [-0.3, -0.25) is 10.1 Å². The molecule has 0 heterocycles. The Hall–Kier alpha value is -1.51. The van der Waals surface area contributed by atoms with Gasteiger partial charge in [0.05, 0.1) is 15.0 Å². The van der Waals surface area contributed by atoms with Crippen LogP contribution in [0.25, 0.3) is 0 Å². The first-order valence-electron chi connectivity index (χ1n) is 5.77. The van der Waals surface area contributed by atoms with Crippen LogP contribution in [0, 0.1) is 10.1 Å². The zero-order valence-electron chi connectivity index (χ0n) is 10.8. The van der Waals surface area contributed by atoms with Gasteiger partial charge in [0.25, 0.3) is 5.69 Å². The van der Waals surface area contributed by atoms with Crippen molar-refractivity contribution in [1.82, 2.24) is 0 Å². The molecule has 0 unspecified atom stereocenters. The van der Waals surface area contributed by atoms with Crippen molar-refractivity contribution in [2.75, 3.05) is 0 Å². The SMILES string of the molecule is O=[N+]([O-])c1ccc(Oc2c(Cl)cc(Br)cc2Cl)cc1C(F)(F)F. The molecular formula is C13H5BrCl2F3NO3. The molecule has 0 spiro atoms. The first-order valence-corrected chi connectivity index (χ1v) is 7.32. The summed E-state index contributed by atoms with van der Waals surface area (Å²) in [7, 11) is 0. The van der Waals surface area contributed by atoms with Crippen molar-refractivity contribution >= 4 is 44.8 Å². The minimum atomic E-state index is -4.91. The Balaban J connectivity index is 2.49. The maximum Gasteiger partial charge on any atom is 0.423 e. The molecule has 0 radical (unpaired) electrons. The van der Waals surface area contributed by atoms with Crippen LogP contribution < -0.4 is 4.74 Å². The molecule has 0 saturated carbocycles. The van der Waals surface area contributed by atoms with Crippen LogP contribution in [0.1, 0.15) is 5.56 Å². The maximum absolute atomic E-state index is 12.9. The molecule has 2 rings (SSSR count). The quantitative estimate of drug-likeness (QED) is 0.413. The van der Waals surface area contributed by atoms with Crippen molar-refractivity contribution in [3.05, 3.63) is 60.5 Å². The van der Waals surface area contributed by atoms with Crippen LogP contribution in [-0.2, 0) is 6.18 Å². The van der Waals surface area contributed by atoms with Gasteiger partial charge in [0.15, 0.2) is 5.75 Å². The van der Waals surface area contributed by atoms with Gasteiger partial charge in [0, 0.05) is 10.5 Å². The molecule has 122 valence electrons.